The number of hydrogen-bond donors (Lipinski definition) is 1. The third-order valence-corrected chi connectivity index (χ3v) is 2.96. The van der Waals surface area contributed by atoms with Gasteiger partial charge in [0.05, 0.1) is 11.1 Å². The molecule has 0 saturated carbocycles. The molecular formula is C12H10ClFN4O2. The van der Waals surface area contributed by atoms with Crippen molar-refractivity contribution in [2.45, 2.75) is 13.5 Å². The van der Waals surface area contributed by atoms with Crippen molar-refractivity contribution in [1.29, 1.82) is 0 Å². The van der Waals surface area contributed by atoms with Crippen molar-refractivity contribution in [2.24, 2.45) is 0 Å². The van der Waals surface area contributed by atoms with E-state index in [0.717, 1.165) is 6.20 Å². The molecule has 0 amide bonds. The summed E-state index contributed by atoms with van der Waals surface area (Å²) in [6.45, 7) is 1.83. The quantitative estimate of drug-likeness (QED) is 0.532. The Bertz CT molecular complexity index is 666. The van der Waals surface area contributed by atoms with Crippen LogP contribution >= 0.6 is 11.6 Å². The molecule has 0 saturated heterocycles. The first-order chi connectivity index (χ1) is 9.49. The highest BCUT2D eigenvalue weighted by atomic mass is 35.5. The van der Waals surface area contributed by atoms with Gasteiger partial charge in [0.2, 0.25) is 5.28 Å². The van der Waals surface area contributed by atoms with Crippen LogP contribution in [0, 0.1) is 22.9 Å². The van der Waals surface area contributed by atoms with E-state index in [4.69, 9.17) is 11.6 Å². The van der Waals surface area contributed by atoms with Crippen LogP contribution in [0.25, 0.3) is 0 Å². The molecule has 20 heavy (non-hydrogen) atoms. The van der Waals surface area contributed by atoms with Crippen LogP contribution in [0.5, 0.6) is 0 Å². The highest BCUT2D eigenvalue weighted by Crippen LogP contribution is 2.22. The van der Waals surface area contributed by atoms with Crippen LogP contribution in [0.3, 0.4) is 0 Å². The van der Waals surface area contributed by atoms with Crippen LogP contribution in [0.15, 0.2) is 24.4 Å². The van der Waals surface area contributed by atoms with Crippen LogP contribution in [0.2, 0.25) is 5.28 Å². The van der Waals surface area contributed by atoms with Crippen LogP contribution in [-0.4, -0.2) is 14.9 Å². The maximum absolute atomic E-state index is 13.4. The Hall–Kier alpha value is -2.28. The fourth-order valence-corrected chi connectivity index (χ4v) is 1.84. The van der Waals surface area contributed by atoms with Gasteiger partial charge < -0.3 is 5.32 Å². The molecule has 8 heteroatoms. The molecule has 0 fully saturated rings. The van der Waals surface area contributed by atoms with Gasteiger partial charge in [0, 0.05) is 18.2 Å². The van der Waals surface area contributed by atoms with Crippen molar-refractivity contribution in [2.75, 3.05) is 5.32 Å². The standard InChI is InChI=1S/C12H10ClFN4O2/c1-7-8(3-2-4-10(7)18(19)20)5-15-11-9(14)6-16-12(13)17-11/h2-4,6H,5H2,1H3,(H,15,16,17). The predicted octanol–water partition coefficient (Wildman–Crippen LogP) is 3.10. The number of nitrogens with zero attached hydrogens (tertiary/aromatic N) is 3. The van der Waals surface area contributed by atoms with Crippen LogP contribution in [0.4, 0.5) is 15.9 Å². The summed E-state index contributed by atoms with van der Waals surface area (Å²) in [5.41, 5.74) is 1.21. The molecular weight excluding hydrogens is 287 g/mol. The third-order valence-electron chi connectivity index (χ3n) is 2.78. The van der Waals surface area contributed by atoms with E-state index in [0.29, 0.717) is 11.1 Å². The lowest BCUT2D eigenvalue weighted by molar-refractivity contribution is -0.385. The second-order valence-corrected chi connectivity index (χ2v) is 4.35. The monoisotopic (exact) mass is 296 g/mol. The fourth-order valence-electron chi connectivity index (χ4n) is 1.71. The van der Waals surface area contributed by atoms with Gasteiger partial charge in [-0.05, 0) is 24.1 Å². The number of benzene rings is 1. The predicted molar refractivity (Wildman–Crippen MR) is 72.2 cm³/mol. The number of rotatable bonds is 4. The molecule has 1 N–H and O–H groups in total. The summed E-state index contributed by atoms with van der Waals surface area (Å²) in [5, 5.41) is 13.5. The molecule has 0 bridgehead atoms. The van der Waals surface area contributed by atoms with Gasteiger partial charge in [-0.25, -0.2) is 9.37 Å². The number of hydrogen-bond acceptors (Lipinski definition) is 5. The molecule has 1 heterocycles. The lowest BCUT2D eigenvalue weighted by atomic mass is 10.1. The lowest BCUT2D eigenvalue weighted by Gasteiger charge is -2.09. The summed E-state index contributed by atoms with van der Waals surface area (Å²) >= 11 is 5.58. The second-order valence-electron chi connectivity index (χ2n) is 4.01. The highest BCUT2D eigenvalue weighted by Gasteiger charge is 2.13. The van der Waals surface area contributed by atoms with Crippen molar-refractivity contribution >= 4 is 23.1 Å². The molecule has 0 aliphatic heterocycles. The molecule has 1 aromatic carbocycles. The summed E-state index contributed by atoms with van der Waals surface area (Å²) in [4.78, 5) is 17.6. The van der Waals surface area contributed by atoms with E-state index >= 15 is 0 Å². The minimum atomic E-state index is -0.641. The van der Waals surface area contributed by atoms with Gasteiger partial charge in [-0.15, -0.1) is 0 Å². The normalized spacial score (nSPS) is 10.3. The van der Waals surface area contributed by atoms with Crippen LogP contribution < -0.4 is 5.32 Å². The zero-order valence-electron chi connectivity index (χ0n) is 10.4. The lowest BCUT2D eigenvalue weighted by Crippen LogP contribution is -2.06. The van der Waals surface area contributed by atoms with Gasteiger partial charge >= 0.3 is 0 Å². The zero-order valence-corrected chi connectivity index (χ0v) is 11.2. The first-order valence-electron chi connectivity index (χ1n) is 5.64. The largest absolute Gasteiger partial charge is 0.363 e. The average molecular weight is 297 g/mol. The minimum Gasteiger partial charge on any atom is -0.363 e. The van der Waals surface area contributed by atoms with E-state index < -0.39 is 10.7 Å². The Morgan fingerprint density at radius 3 is 2.95 bits per heavy atom. The number of anilines is 1. The van der Waals surface area contributed by atoms with E-state index in [9.17, 15) is 14.5 Å². The first-order valence-corrected chi connectivity index (χ1v) is 6.01. The molecule has 2 rings (SSSR count). The van der Waals surface area contributed by atoms with Gasteiger partial charge in [-0.3, -0.25) is 10.1 Å². The summed E-state index contributed by atoms with van der Waals surface area (Å²) in [7, 11) is 0. The maximum atomic E-state index is 13.4. The number of aromatic nitrogens is 2. The Morgan fingerprint density at radius 1 is 1.50 bits per heavy atom. The van der Waals surface area contributed by atoms with E-state index in [1.807, 2.05) is 0 Å². The Morgan fingerprint density at radius 2 is 2.25 bits per heavy atom. The number of halogens is 2. The minimum absolute atomic E-state index is 0.0190. The summed E-state index contributed by atoms with van der Waals surface area (Å²) in [5.74, 6) is -0.687. The molecule has 0 aliphatic carbocycles. The average Bonchev–Trinajstić information content (AvgIpc) is 2.41. The Kier molecular flexibility index (Phi) is 4.09. The van der Waals surface area contributed by atoms with E-state index in [1.165, 1.54) is 6.07 Å². The van der Waals surface area contributed by atoms with Gasteiger partial charge in [0.1, 0.15) is 0 Å². The molecule has 0 aliphatic rings. The van der Waals surface area contributed by atoms with Crippen molar-refractivity contribution in [1.82, 2.24) is 9.97 Å². The fraction of sp³-hybridized carbons (Fsp3) is 0.167. The first kappa shape index (κ1) is 14.1. The Labute approximate surface area is 118 Å². The molecule has 1 aromatic heterocycles. The van der Waals surface area contributed by atoms with Crippen molar-refractivity contribution < 1.29 is 9.31 Å². The molecule has 0 radical (unpaired) electrons. The van der Waals surface area contributed by atoms with Crippen LogP contribution in [-0.2, 0) is 6.54 Å². The van der Waals surface area contributed by atoms with Crippen molar-refractivity contribution in [3.05, 3.63) is 56.7 Å². The van der Waals surface area contributed by atoms with Crippen LogP contribution in [0.1, 0.15) is 11.1 Å². The maximum Gasteiger partial charge on any atom is 0.272 e. The topological polar surface area (TPSA) is 81.0 Å². The highest BCUT2D eigenvalue weighted by molar-refractivity contribution is 6.28. The number of nitro benzene ring substituents is 1. The van der Waals surface area contributed by atoms with Crippen molar-refractivity contribution in [3.63, 3.8) is 0 Å². The van der Waals surface area contributed by atoms with Gasteiger partial charge in [0.15, 0.2) is 11.6 Å². The molecule has 0 unspecified atom stereocenters. The van der Waals surface area contributed by atoms with Gasteiger partial charge in [-0.1, -0.05) is 12.1 Å². The number of nitrogens with one attached hydrogen (secondary N) is 1. The molecule has 0 spiro atoms. The van der Waals surface area contributed by atoms with E-state index in [-0.39, 0.29) is 23.3 Å². The van der Waals surface area contributed by atoms with Gasteiger partial charge in [-0.2, -0.15) is 4.98 Å². The van der Waals surface area contributed by atoms with Gasteiger partial charge in [0.25, 0.3) is 5.69 Å². The molecule has 6 nitrogen and oxygen atoms in total. The SMILES string of the molecule is Cc1c(CNc2nc(Cl)ncc2F)cccc1[N+](=O)[O-]. The zero-order chi connectivity index (χ0) is 14.7. The summed E-state index contributed by atoms with van der Waals surface area (Å²) in [6, 6.07) is 4.71. The number of nitro groups is 1. The molecule has 0 atom stereocenters. The Balaban J connectivity index is 2.21. The van der Waals surface area contributed by atoms with E-state index in [2.05, 4.69) is 15.3 Å². The summed E-state index contributed by atoms with van der Waals surface area (Å²) in [6.07, 6.45) is 0.956. The third kappa shape index (κ3) is 3.00. The smallest absolute Gasteiger partial charge is 0.272 e. The van der Waals surface area contributed by atoms with E-state index in [1.54, 1.807) is 19.1 Å². The van der Waals surface area contributed by atoms with Crippen molar-refractivity contribution in [3.8, 4) is 0 Å². The molecule has 104 valence electrons. The molecule has 2 aromatic rings. The second kappa shape index (κ2) is 5.79. The summed E-state index contributed by atoms with van der Waals surface area (Å²) < 4.78 is 13.4.